The van der Waals surface area contributed by atoms with E-state index >= 15 is 0 Å². The van der Waals surface area contributed by atoms with Crippen LogP contribution in [-0.2, 0) is 37.4 Å². The summed E-state index contributed by atoms with van der Waals surface area (Å²) in [5, 5.41) is 3.58. The molecule has 5 nitrogen and oxygen atoms in total. The van der Waals surface area contributed by atoms with Crippen molar-refractivity contribution < 1.29 is 24.5 Å². The molecule has 301 valence electrons. The second-order valence-corrected chi connectivity index (χ2v) is 23.9. The third-order valence-corrected chi connectivity index (χ3v) is 12.6. The van der Waals surface area contributed by atoms with Gasteiger partial charge in [-0.1, -0.05) is 129 Å². The van der Waals surface area contributed by atoms with Gasteiger partial charge in [0.05, 0.1) is 30.5 Å². The number of pyridine rings is 2. The summed E-state index contributed by atoms with van der Waals surface area (Å²) in [5.41, 5.74) is 12.3. The second-order valence-electron chi connectivity index (χ2n) is 18.9. The zero-order valence-corrected chi connectivity index (χ0v) is 39.5. The number of fused-ring (bicyclic) bond motifs is 4. The minimum absolute atomic E-state index is 0. The van der Waals surface area contributed by atoms with Crippen molar-refractivity contribution in [2.45, 2.75) is 99.2 Å². The summed E-state index contributed by atoms with van der Waals surface area (Å²) in [6, 6.07) is 40.4. The van der Waals surface area contributed by atoms with Gasteiger partial charge in [0.1, 0.15) is 0 Å². The zero-order valence-electron chi connectivity index (χ0n) is 36.1. The SMILES string of the molecule is CC(C)Cc1cc(-c2[c-]cccc2)ncc1[Si](C)(C)C.Cc1c[c-]c(-c2nc3ccccc3n2-c2ccc(C(C)(C)C)cc2)c2oc3nc(C(C)(C)C)ccc3c12.[Ir]. The van der Waals surface area contributed by atoms with Crippen LogP contribution in [0.5, 0.6) is 0 Å². The van der Waals surface area contributed by atoms with Crippen molar-refractivity contribution in [3.63, 3.8) is 0 Å². The second kappa shape index (κ2) is 16.5. The molecule has 58 heavy (non-hydrogen) atoms. The van der Waals surface area contributed by atoms with Crippen LogP contribution in [0.25, 0.3) is 61.4 Å². The summed E-state index contributed by atoms with van der Waals surface area (Å²) >= 11 is 0. The smallest absolute Gasteiger partial charge is 0.216 e. The molecule has 8 rings (SSSR count). The summed E-state index contributed by atoms with van der Waals surface area (Å²) in [4.78, 5) is 14.7. The number of hydrogen-bond donors (Lipinski definition) is 0. The zero-order chi connectivity index (χ0) is 40.9. The van der Waals surface area contributed by atoms with E-state index in [1.807, 2.05) is 30.3 Å². The van der Waals surface area contributed by atoms with Gasteiger partial charge in [0, 0.05) is 48.5 Å². The Morgan fingerprint density at radius 2 is 1.52 bits per heavy atom. The molecule has 0 saturated carbocycles. The number of aryl methyl sites for hydroxylation is 1. The Labute approximate surface area is 359 Å². The Hall–Kier alpha value is -4.68. The van der Waals surface area contributed by atoms with Crippen molar-refractivity contribution >= 4 is 46.4 Å². The van der Waals surface area contributed by atoms with Gasteiger partial charge in [0.25, 0.3) is 0 Å². The number of imidazole rings is 1. The Morgan fingerprint density at radius 3 is 2.16 bits per heavy atom. The van der Waals surface area contributed by atoms with E-state index < -0.39 is 8.07 Å². The number of rotatable bonds is 6. The van der Waals surface area contributed by atoms with Gasteiger partial charge >= 0.3 is 0 Å². The number of nitrogens with zero attached hydrogens (tertiary/aromatic N) is 4. The van der Waals surface area contributed by atoms with E-state index in [1.54, 1.807) is 0 Å². The monoisotopic (exact) mass is 961 g/mol. The van der Waals surface area contributed by atoms with Crippen LogP contribution in [0, 0.1) is 25.0 Å². The Bertz CT molecular complexity index is 2690. The molecule has 0 bridgehead atoms. The van der Waals surface area contributed by atoms with Crippen LogP contribution in [0.1, 0.15) is 77.8 Å². The van der Waals surface area contributed by atoms with Crippen LogP contribution in [0.2, 0.25) is 19.6 Å². The minimum atomic E-state index is -1.34. The number of aromatic nitrogens is 4. The maximum atomic E-state index is 6.51. The molecule has 0 unspecified atom stereocenters. The standard InChI is InChI=1S/C33H32N3O.C18H24NSi.Ir/c1-20-12-17-24(29-28(20)23-18-19-27(33(5,6)7)35-31(23)37-29)30-34-25-10-8-9-11-26(25)36(30)22-15-13-21(14-16-22)32(2,3)4;1-14(2)11-16-12-17(15-9-7-6-8-10-15)19-13-18(16)20(3,4)5;/h8-16,18-19H,1-7H3;6-9,12-14H,11H2,1-5H3;/q2*-1;. The maximum absolute atomic E-state index is 6.51. The summed E-state index contributed by atoms with van der Waals surface area (Å²) in [5.74, 6) is 1.48. The average molecular weight is 961 g/mol. The molecule has 4 heterocycles. The largest absolute Gasteiger partial charge is 0.486 e. The van der Waals surface area contributed by atoms with Crippen LogP contribution in [-0.4, -0.2) is 27.6 Å². The van der Waals surface area contributed by atoms with E-state index in [2.05, 4.69) is 177 Å². The van der Waals surface area contributed by atoms with Crippen LogP contribution >= 0.6 is 0 Å². The number of para-hydroxylation sites is 2. The molecule has 0 aliphatic rings. The third-order valence-electron chi connectivity index (χ3n) is 10.6. The van der Waals surface area contributed by atoms with Crippen molar-refractivity contribution in [3.8, 4) is 28.3 Å². The van der Waals surface area contributed by atoms with Crippen molar-refractivity contribution in [3.05, 3.63) is 138 Å². The molecule has 0 N–H and O–H groups in total. The van der Waals surface area contributed by atoms with Gasteiger partial charge in [-0.2, -0.15) is 0 Å². The van der Waals surface area contributed by atoms with E-state index in [0.717, 1.165) is 73.4 Å². The maximum Gasteiger partial charge on any atom is 0.216 e. The van der Waals surface area contributed by atoms with Crippen LogP contribution in [0.15, 0.2) is 108 Å². The molecule has 7 heteroatoms. The van der Waals surface area contributed by atoms with Gasteiger partial charge in [-0.25, -0.2) is 4.98 Å². The first-order valence-electron chi connectivity index (χ1n) is 20.2. The minimum Gasteiger partial charge on any atom is -0.486 e. The predicted octanol–water partition coefficient (Wildman–Crippen LogP) is 13.0. The number of furan rings is 1. The van der Waals surface area contributed by atoms with Crippen LogP contribution in [0.3, 0.4) is 0 Å². The predicted molar refractivity (Wildman–Crippen MR) is 243 cm³/mol. The molecule has 0 aliphatic carbocycles. The van der Waals surface area contributed by atoms with E-state index in [1.165, 1.54) is 16.3 Å². The fraction of sp³-hybridized carbons (Fsp3) is 0.314. The van der Waals surface area contributed by atoms with Gasteiger partial charge < -0.3 is 14.0 Å². The van der Waals surface area contributed by atoms with E-state index in [9.17, 15) is 0 Å². The summed E-state index contributed by atoms with van der Waals surface area (Å²) in [6.07, 6.45) is 3.24. The molecule has 0 spiro atoms. The number of hydrogen-bond acceptors (Lipinski definition) is 4. The fourth-order valence-electron chi connectivity index (χ4n) is 7.49. The first-order chi connectivity index (χ1) is 26.9. The van der Waals surface area contributed by atoms with Crippen molar-refractivity contribution in [2.75, 3.05) is 0 Å². The van der Waals surface area contributed by atoms with Crippen molar-refractivity contribution in [1.82, 2.24) is 19.5 Å². The molecule has 0 fully saturated rings. The Morgan fingerprint density at radius 1 is 0.810 bits per heavy atom. The topological polar surface area (TPSA) is 56.7 Å². The van der Waals surface area contributed by atoms with Crippen LogP contribution < -0.4 is 5.19 Å². The van der Waals surface area contributed by atoms with E-state index in [0.29, 0.717) is 11.6 Å². The first kappa shape index (κ1) is 42.9. The molecule has 0 aliphatic heterocycles. The normalized spacial score (nSPS) is 12.2. The Balaban J connectivity index is 0.000000230. The van der Waals surface area contributed by atoms with Crippen molar-refractivity contribution in [2.24, 2.45) is 5.92 Å². The molecule has 0 saturated heterocycles. The van der Waals surface area contributed by atoms with Gasteiger partial charge in [-0.05, 0) is 70.6 Å². The first-order valence-corrected chi connectivity index (χ1v) is 23.7. The molecule has 0 atom stereocenters. The summed E-state index contributed by atoms with van der Waals surface area (Å²) in [7, 11) is -1.34. The molecule has 1 radical (unpaired) electrons. The molecule has 8 aromatic rings. The van der Waals surface area contributed by atoms with E-state index in [-0.39, 0.29) is 30.9 Å². The van der Waals surface area contributed by atoms with Crippen molar-refractivity contribution in [1.29, 1.82) is 0 Å². The molecule has 4 aromatic heterocycles. The van der Waals surface area contributed by atoms with E-state index in [4.69, 9.17) is 14.4 Å². The summed E-state index contributed by atoms with van der Waals surface area (Å²) < 4.78 is 8.72. The fourth-order valence-corrected chi connectivity index (χ4v) is 9.08. The number of benzene rings is 4. The average Bonchev–Trinajstić information content (AvgIpc) is 3.74. The van der Waals surface area contributed by atoms with Crippen LogP contribution in [0.4, 0.5) is 0 Å². The van der Waals surface area contributed by atoms with Gasteiger partial charge in [-0.3, -0.25) is 4.98 Å². The molecular formula is C51H56IrN4OSi-2. The van der Waals surface area contributed by atoms with Gasteiger partial charge in [0.15, 0.2) is 0 Å². The molecular weight excluding hydrogens is 905 g/mol. The Kier molecular flexibility index (Phi) is 12.2. The van der Waals surface area contributed by atoms with Gasteiger partial charge in [0.2, 0.25) is 5.71 Å². The molecule has 4 aromatic carbocycles. The quantitative estimate of drug-likeness (QED) is 0.123. The summed E-state index contributed by atoms with van der Waals surface area (Å²) in [6.45, 7) is 27.0. The molecule has 0 amide bonds. The van der Waals surface area contributed by atoms with Gasteiger partial charge in [-0.15, -0.1) is 53.6 Å². The third kappa shape index (κ3) is 8.83.